The van der Waals surface area contributed by atoms with Gasteiger partial charge in [-0.15, -0.1) is 0 Å². The standard InChI is InChI=1S/C11H11FN2OS/c12-8(5-6-13)7-15-11-14-9-3-1-2-4-10(9)16-11/h1-5H,6-7,13H2/b8-5+. The molecule has 1 aromatic heterocycles. The van der Waals surface area contributed by atoms with Crippen molar-refractivity contribution in [2.45, 2.75) is 0 Å². The van der Waals surface area contributed by atoms with Gasteiger partial charge in [-0.05, 0) is 18.2 Å². The smallest absolute Gasteiger partial charge is 0.274 e. The number of halogens is 1. The van der Waals surface area contributed by atoms with E-state index in [2.05, 4.69) is 4.98 Å². The maximum absolute atomic E-state index is 13.0. The largest absolute Gasteiger partial charge is 0.463 e. The second kappa shape index (κ2) is 5.05. The minimum atomic E-state index is -0.373. The zero-order valence-corrected chi connectivity index (χ0v) is 9.34. The molecule has 0 spiro atoms. The summed E-state index contributed by atoms with van der Waals surface area (Å²) in [5.41, 5.74) is 6.04. The van der Waals surface area contributed by atoms with Crippen LogP contribution in [0.2, 0.25) is 0 Å². The summed E-state index contributed by atoms with van der Waals surface area (Å²) >= 11 is 1.40. The van der Waals surface area contributed by atoms with E-state index >= 15 is 0 Å². The number of nitrogens with zero attached hydrogens (tertiary/aromatic N) is 1. The summed E-state index contributed by atoms with van der Waals surface area (Å²) in [6, 6.07) is 7.68. The van der Waals surface area contributed by atoms with Gasteiger partial charge in [0.05, 0.1) is 10.2 Å². The van der Waals surface area contributed by atoms with Gasteiger partial charge in [-0.25, -0.2) is 9.37 Å². The van der Waals surface area contributed by atoms with Crippen molar-refractivity contribution in [2.24, 2.45) is 5.73 Å². The Hall–Kier alpha value is -1.46. The molecule has 0 aliphatic heterocycles. The molecular formula is C11H11FN2OS. The first-order valence-corrected chi connectivity index (χ1v) is 5.64. The highest BCUT2D eigenvalue weighted by atomic mass is 32.1. The summed E-state index contributed by atoms with van der Waals surface area (Å²) in [4.78, 5) is 4.22. The van der Waals surface area contributed by atoms with Crippen LogP contribution in [0.4, 0.5) is 4.39 Å². The molecule has 0 aliphatic carbocycles. The van der Waals surface area contributed by atoms with Crippen LogP contribution in [0.1, 0.15) is 0 Å². The molecule has 2 aromatic rings. The van der Waals surface area contributed by atoms with Crippen molar-refractivity contribution in [1.82, 2.24) is 4.98 Å². The Morgan fingerprint density at radius 2 is 2.31 bits per heavy atom. The molecule has 0 atom stereocenters. The predicted octanol–water partition coefficient (Wildman–Crippen LogP) is 2.49. The zero-order valence-electron chi connectivity index (χ0n) is 8.52. The maximum atomic E-state index is 13.0. The molecule has 5 heteroatoms. The lowest BCUT2D eigenvalue weighted by Crippen LogP contribution is -2.01. The molecule has 1 aromatic carbocycles. The van der Waals surface area contributed by atoms with Crippen LogP contribution in [0.25, 0.3) is 10.2 Å². The number of benzene rings is 1. The molecule has 84 valence electrons. The highest BCUT2D eigenvalue weighted by Crippen LogP contribution is 2.27. The molecule has 1 heterocycles. The molecule has 0 saturated heterocycles. The Morgan fingerprint density at radius 1 is 1.50 bits per heavy atom. The van der Waals surface area contributed by atoms with E-state index in [9.17, 15) is 4.39 Å². The van der Waals surface area contributed by atoms with Crippen molar-refractivity contribution in [3.05, 3.63) is 36.2 Å². The van der Waals surface area contributed by atoms with Crippen LogP contribution in [0.15, 0.2) is 36.2 Å². The first-order chi connectivity index (χ1) is 7.79. The Kier molecular flexibility index (Phi) is 3.48. The molecule has 0 amide bonds. The van der Waals surface area contributed by atoms with Crippen LogP contribution < -0.4 is 10.5 Å². The van der Waals surface area contributed by atoms with Crippen LogP contribution in [0.5, 0.6) is 5.19 Å². The molecule has 0 fully saturated rings. The number of ether oxygens (including phenoxy) is 1. The molecule has 2 N–H and O–H groups in total. The molecule has 16 heavy (non-hydrogen) atoms. The fourth-order valence-corrected chi connectivity index (χ4v) is 2.05. The van der Waals surface area contributed by atoms with Crippen LogP contribution in [0, 0.1) is 0 Å². The van der Waals surface area contributed by atoms with Crippen molar-refractivity contribution in [2.75, 3.05) is 13.2 Å². The van der Waals surface area contributed by atoms with Crippen LogP contribution in [-0.4, -0.2) is 18.1 Å². The van der Waals surface area contributed by atoms with Crippen LogP contribution >= 0.6 is 11.3 Å². The zero-order chi connectivity index (χ0) is 11.4. The Bertz CT molecular complexity index is 476. The summed E-state index contributed by atoms with van der Waals surface area (Å²) in [7, 11) is 0. The minimum Gasteiger partial charge on any atom is -0.463 e. The fourth-order valence-electron chi connectivity index (χ4n) is 1.23. The summed E-state index contributed by atoms with van der Waals surface area (Å²) in [5, 5.41) is 0.474. The minimum absolute atomic E-state index is 0.114. The van der Waals surface area contributed by atoms with E-state index in [1.54, 1.807) is 0 Å². The van der Waals surface area contributed by atoms with Gasteiger partial charge in [-0.2, -0.15) is 0 Å². The molecule has 0 bridgehead atoms. The van der Waals surface area contributed by atoms with Crippen molar-refractivity contribution in [3.8, 4) is 5.19 Å². The lowest BCUT2D eigenvalue weighted by atomic mass is 10.3. The Balaban J connectivity index is 2.07. The van der Waals surface area contributed by atoms with E-state index in [0.29, 0.717) is 5.19 Å². The number of para-hydroxylation sites is 1. The number of rotatable bonds is 4. The number of hydrogen-bond donors (Lipinski definition) is 1. The van der Waals surface area contributed by atoms with Gasteiger partial charge < -0.3 is 10.5 Å². The monoisotopic (exact) mass is 238 g/mol. The number of hydrogen-bond acceptors (Lipinski definition) is 4. The highest BCUT2D eigenvalue weighted by molar-refractivity contribution is 7.20. The summed E-state index contributed by atoms with van der Waals surface area (Å²) < 4.78 is 19.2. The fraction of sp³-hybridized carbons (Fsp3) is 0.182. The molecule has 3 nitrogen and oxygen atoms in total. The van der Waals surface area contributed by atoms with Crippen LogP contribution in [-0.2, 0) is 0 Å². The van der Waals surface area contributed by atoms with E-state index in [0.717, 1.165) is 10.2 Å². The highest BCUT2D eigenvalue weighted by Gasteiger charge is 2.04. The average molecular weight is 238 g/mol. The van der Waals surface area contributed by atoms with Crippen LogP contribution in [0.3, 0.4) is 0 Å². The average Bonchev–Trinajstić information content (AvgIpc) is 2.69. The maximum Gasteiger partial charge on any atom is 0.274 e. The van der Waals surface area contributed by atoms with Gasteiger partial charge in [0.1, 0.15) is 12.4 Å². The Labute approximate surface area is 96.4 Å². The normalized spacial score (nSPS) is 12.0. The van der Waals surface area contributed by atoms with Crippen molar-refractivity contribution in [1.29, 1.82) is 0 Å². The second-order valence-corrected chi connectivity index (χ2v) is 4.12. The van der Waals surface area contributed by atoms with Gasteiger partial charge in [-0.3, -0.25) is 0 Å². The summed E-state index contributed by atoms with van der Waals surface area (Å²) in [6.07, 6.45) is 1.29. The third-order valence-electron chi connectivity index (χ3n) is 1.95. The second-order valence-electron chi connectivity index (χ2n) is 3.12. The summed E-state index contributed by atoms with van der Waals surface area (Å²) in [5.74, 6) is -0.373. The van der Waals surface area contributed by atoms with Gasteiger partial charge in [0.2, 0.25) is 0 Å². The SMILES string of the molecule is NC/C=C(/F)COc1nc2ccccc2s1. The molecule has 0 saturated carbocycles. The molecular weight excluding hydrogens is 227 g/mol. The third-order valence-corrected chi connectivity index (χ3v) is 2.90. The third kappa shape index (κ3) is 2.56. The lowest BCUT2D eigenvalue weighted by molar-refractivity contribution is 0.317. The first kappa shape index (κ1) is 11.0. The number of aromatic nitrogens is 1. The van der Waals surface area contributed by atoms with Crippen molar-refractivity contribution < 1.29 is 9.13 Å². The van der Waals surface area contributed by atoms with E-state index in [4.69, 9.17) is 10.5 Å². The number of fused-ring (bicyclic) bond motifs is 1. The quantitative estimate of drug-likeness (QED) is 0.890. The number of thiazole rings is 1. The van der Waals surface area contributed by atoms with Gasteiger partial charge in [0.25, 0.3) is 5.19 Å². The molecule has 0 unspecified atom stereocenters. The topological polar surface area (TPSA) is 48.1 Å². The van der Waals surface area contributed by atoms with Crippen molar-refractivity contribution in [3.63, 3.8) is 0 Å². The molecule has 2 rings (SSSR count). The Morgan fingerprint density at radius 3 is 3.06 bits per heavy atom. The van der Waals surface area contributed by atoms with E-state index < -0.39 is 0 Å². The van der Waals surface area contributed by atoms with Crippen molar-refractivity contribution >= 4 is 21.6 Å². The van der Waals surface area contributed by atoms with E-state index in [-0.39, 0.29) is 19.0 Å². The predicted molar refractivity (Wildman–Crippen MR) is 63.4 cm³/mol. The number of nitrogens with two attached hydrogens (primary N) is 1. The molecule has 0 aliphatic rings. The van der Waals surface area contributed by atoms with Gasteiger partial charge >= 0.3 is 0 Å². The first-order valence-electron chi connectivity index (χ1n) is 4.82. The van der Waals surface area contributed by atoms with E-state index in [1.807, 2.05) is 24.3 Å². The van der Waals surface area contributed by atoms with Gasteiger partial charge in [0.15, 0.2) is 0 Å². The molecule has 0 radical (unpaired) electrons. The van der Waals surface area contributed by atoms with Gasteiger partial charge in [0, 0.05) is 6.54 Å². The van der Waals surface area contributed by atoms with Gasteiger partial charge in [-0.1, -0.05) is 23.5 Å². The van der Waals surface area contributed by atoms with E-state index in [1.165, 1.54) is 17.4 Å². The summed E-state index contributed by atoms with van der Waals surface area (Å²) in [6.45, 7) is 0.0616. The lowest BCUT2D eigenvalue weighted by Gasteiger charge is -1.98.